The molecule has 2 rings (SSSR count). The van der Waals surface area contributed by atoms with Crippen LogP contribution < -0.4 is 5.32 Å². The summed E-state index contributed by atoms with van der Waals surface area (Å²) in [5, 5.41) is 3.59. The van der Waals surface area contributed by atoms with Gasteiger partial charge in [0.1, 0.15) is 0 Å². The Morgan fingerprint density at radius 2 is 2.18 bits per heavy atom. The molecule has 0 aromatic heterocycles. The molecule has 0 saturated carbocycles. The molecule has 17 heavy (non-hydrogen) atoms. The van der Waals surface area contributed by atoms with Gasteiger partial charge >= 0.3 is 0 Å². The lowest BCUT2D eigenvalue weighted by atomic mass is 10.1. The number of hydrogen-bond donors (Lipinski definition) is 1. The summed E-state index contributed by atoms with van der Waals surface area (Å²) in [6.45, 7) is 3.48. The third kappa shape index (κ3) is 4.70. The monoisotopic (exact) mass is 250 g/mol. The number of benzene rings is 1. The van der Waals surface area contributed by atoms with Gasteiger partial charge in [-0.15, -0.1) is 0 Å². The maximum Gasteiger partial charge on any atom is 0.0285 e. The van der Waals surface area contributed by atoms with Gasteiger partial charge in [0.25, 0.3) is 0 Å². The van der Waals surface area contributed by atoms with E-state index >= 15 is 0 Å². The van der Waals surface area contributed by atoms with E-state index in [9.17, 15) is 0 Å². The quantitative estimate of drug-likeness (QED) is 0.859. The molecular formula is C14H22N2S. The second-order valence-electron chi connectivity index (χ2n) is 4.72. The Kier molecular flexibility index (Phi) is 5.36. The zero-order chi connectivity index (χ0) is 11.9. The third-order valence-corrected chi connectivity index (χ3v) is 4.29. The van der Waals surface area contributed by atoms with Crippen LogP contribution in [0.25, 0.3) is 0 Å². The first kappa shape index (κ1) is 12.9. The predicted octanol–water partition coefficient (Wildman–Crippen LogP) is 1.87. The minimum Gasteiger partial charge on any atom is -0.311 e. The van der Waals surface area contributed by atoms with Gasteiger partial charge in [0.05, 0.1) is 0 Å². The second kappa shape index (κ2) is 7.04. The molecular weight excluding hydrogens is 228 g/mol. The van der Waals surface area contributed by atoms with Crippen molar-refractivity contribution < 1.29 is 0 Å². The van der Waals surface area contributed by atoms with E-state index in [0.717, 1.165) is 13.0 Å². The smallest absolute Gasteiger partial charge is 0.0285 e. The molecule has 1 aromatic carbocycles. The molecule has 1 aromatic rings. The standard InChI is InChI=1S/C14H22N2S/c1-16(11-14-12-17-10-8-15-14)9-7-13-5-3-2-4-6-13/h2-6,14-15H,7-12H2,1H3. The Balaban J connectivity index is 1.68. The van der Waals surface area contributed by atoms with E-state index in [-0.39, 0.29) is 0 Å². The van der Waals surface area contributed by atoms with E-state index < -0.39 is 0 Å². The van der Waals surface area contributed by atoms with Gasteiger partial charge in [-0.3, -0.25) is 0 Å². The molecule has 0 aliphatic carbocycles. The molecule has 2 nitrogen and oxygen atoms in total. The fraction of sp³-hybridized carbons (Fsp3) is 0.571. The van der Waals surface area contributed by atoms with Crippen molar-refractivity contribution in [2.24, 2.45) is 0 Å². The van der Waals surface area contributed by atoms with Crippen LogP contribution >= 0.6 is 11.8 Å². The first-order valence-electron chi connectivity index (χ1n) is 6.38. The lowest BCUT2D eigenvalue weighted by molar-refractivity contribution is 0.302. The summed E-state index contributed by atoms with van der Waals surface area (Å²) in [6, 6.07) is 11.4. The normalized spacial score (nSPS) is 20.7. The molecule has 1 atom stereocenters. The summed E-state index contributed by atoms with van der Waals surface area (Å²) in [6.07, 6.45) is 1.15. The third-order valence-electron chi connectivity index (χ3n) is 3.16. The SMILES string of the molecule is CN(CCc1ccccc1)CC1CSCCN1. The lowest BCUT2D eigenvalue weighted by Gasteiger charge is -2.27. The molecule has 3 heteroatoms. The van der Waals surface area contributed by atoms with Gasteiger partial charge < -0.3 is 10.2 Å². The van der Waals surface area contributed by atoms with Crippen LogP contribution in [-0.2, 0) is 6.42 Å². The summed E-state index contributed by atoms with van der Waals surface area (Å²) in [7, 11) is 2.23. The van der Waals surface area contributed by atoms with Crippen LogP contribution in [0.15, 0.2) is 30.3 Å². The molecule has 0 bridgehead atoms. The van der Waals surface area contributed by atoms with Crippen molar-refractivity contribution in [2.75, 3.05) is 38.2 Å². The fourth-order valence-electron chi connectivity index (χ4n) is 2.17. The number of rotatable bonds is 5. The molecule has 1 N–H and O–H groups in total. The molecule has 1 saturated heterocycles. The summed E-state index contributed by atoms with van der Waals surface area (Å²) in [4.78, 5) is 2.44. The van der Waals surface area contributed by atoms with Gasteiger partial charge in [-0.1, -0.05) is 30.3 Å². The lowest BCUT2D eigenvalue weighted by Crippen LogP contribution is -2.45. The highest BCUT2D eigenvalue weighted by Crippen LogP contribution is 2.08. The van der Waals surface area contributed by atoms with Gasteiger partial charge in [0.15, 0.2) is 0 Å². The van der Waals surface area contributed by atoms with Crippen molar-refractivity contribution >= 4 is 11.8 Å². The Hall–Kier alpha value is -0.510. The largest absolute Gasteiger partial charge is 0.311 e. The van der Waals surface area contributed by atoms with Crippen molar-refractivity contribution in [3.8, 4) is 0 Å². The van der Waals surface area contributed by atoms with Gasteiger partial charge in [0, 0.05) is 37.2 Å². The first-order chi connectivity index (χ1) is 8.34. The van der Waals surface area contributed by atoms with E-state index in [0.29, 0.717) is 6.04 Å². The molecule has 0 radical (unpaired) electrons. The Morgan fingerprint density at radius 3 is 2.88 bits per heavy atom. The summed E-state index contributed by atoms with van der Waals surface area (Å²) < 4.78 is 0. The maximum atomic E-state index is 3.59. The highest BCUT2D eigenvalue weighted by Gasteiger charge is 2.14. The molecule has 1 fully saturated rings. The fourth-order valence-corrected chi connectivity index (χ4v) is 3.11. The molecule has 0 amide bonds. The Labute approximate surface area is 109 Å². The zero-order valence-electron chi connectivity index (χ0n) is 10.6. The number of likely N-dealkylation sites (N-methyl/N-ethyl adjacent to an activating group) is 1. The van der Waals surface area contributed by atoms with E-state index in [2.05, 4.69) is 59.4 Å². The van der Waals surface area contributed by atoms with Crippen LogP contribution in [0.3, 0.4) is 0 Å². The second-order valence-corrected chi connectivity index (χ2v) is 5.87. The minimum absolute atomic E-state index is 0.675. The van der Waals surface area contributed by atoms with Crippen molar-refractivity contribution in [2.45, 2.75) is 12.5 Å². The van der Waals surface area contributed by atoms with Crippen LogP contribution in [0.4, 0.5) is 0 Å². The van der Waals surface area contributed by atoms with Crippen LogP contribution in [0.1, 0.15) is 5.56 Å². The average Bonchev–Trinajstić information content (AvgIpc) is 2.39. The van der Waals surface area contributed by atoms with E-state index in [1.54, 1.807) is 0 Å². The summed E-state index contributed by atoms with van der Waals surface area (Å²) >= 11 is 2.07. The number of nitrogens with zero attached hydrogens (tertiary/aromatic N) is 1. The molecule has 0 spiro atoms. The number of thioether (sulfide) groups is 1. The highest BCUT2D eigenvalue weighted by atomic mass is 32.2. The van der Waals surface area contributed by atoms with Crippen molar-refractivity contribution in [1.82, 2.24) is 10.2 Å². The summed E-state index contributed by atoms with van der Waals surface area (Å²) in [5.41, 5.74) is 1.44. The van der Waals surface area contributed by atoms with E-state index in [1.807, 2.05) is 0 Å². The predicted molar refractivity (Wildman–Crippen MR) is 76.8 cm³/mol. The van der Waals surface area contributed by atoms with Crippen LogP contribution in [0, 0.1) is 0 Å². The van der Waals surface area contributed by atoms with Crippen molar-refractivity contribution in [3.63, 3.8) is 0 Å². The maximum absolute atomic E-state index is 3.59. The topological polar surface area (TPSA) is 15.3 Å². The zero-order valence-corrected chi connectivity index (χ0v) is 11.4. The minimum atomic E-state index is 0.675. The highest BCUT2D eigenvalue weighted by molar-refractivity contribution is 7.99. The van der Waals surface area contributed by atoms with Gasteiger partial charge in [-0.2, -0.15) is 11.8 Å². The van der Waals surface area contributed by atoms with Crippen LogP contribution in [0.2, 0.25) is 0 Å². The molecule has 1 unspecified atom stereocenters. The number of nitrogens with one attached hydrogen (secondary N) is 1. The molecule has 1 aliphatic heterocycles. The summed E-state index contributed by atoms with van der Waals surface area (Å²) in [5.74, 6) is 2.53. The van der Waals surface area contributed by atoms with Crippen LogP contribution in [0.5, 0.6) is 0 Å². The van der Waals surface area contributed by atoms with Crippen molar-refractivity contribution in [1.29, 1.82) is 0 Å². The van der Waals surface area contributed by atoms with Gasteiger partial charge in [0.2, 0.25) is 0 Å². The van der Waals surface area contributed by atoms with Gasteiger partial charge in [-0.25, -0.2) is 0 Å². The molecule has 1 heterocycles. The van der Waals surface area contributed by atoms with E-state index in [4.69, 9.17) is 0 Å². The van der Waals surface area contributed by atoms with Crippen LogP contribution in [-0.4, -0.2) is 49.1 Å². The van der Waals surface area contributed by atoms with Crippen molar-refractivity contribution in [3.05, 3.63) is 35.9 Å². The first-order valence-corrected chi connectivity index (χ1v) is 7.53. The molecule has 94 valence electrons. The number of hydrogen-bond acceptors (Lipinski definition) is 3. The Morgan fingerprint density at radius 1 is 1.35 bits per heavy atom. The Bertz CT molecular complexity index is 309. The van der Waals surface area contributed by atoms with E-state index in [1.165, 1.54) is 30.2 Å². The average molecular weight is 250 g/mol. The van der Waals surface area contributed by atoms with Gasteiger partial charge in [-0.05, 0) is 19.0 Å². The molecule has 1 aliphatic rings.